The molecule has 2 N–H and O–H groups in total. The highest BCUT2D eigenvalue weighted by molar-refractivity contribution is 6.19. The number of hydrogen-bond acceptors (Lipinski definition) is 6. The summed E-state index contributed by atoms with van der Waals surface area (Å²) in [5, 5.41) is 1.96. The van der Waals surface area contributed by atoms with E-state index in [-0.39, 0.29) is 29.4 Å². The number of ether oxygens (including phenoxy) is 2. The first-order chi connectivity index (χ1) is 23.9. The van der Waals surface area contributed by atoms with Crippen LogP contribution >= 0.6 is 23.2 Å². The van der Waals surface area contributed by atoms with Crippen molar-refractivity contribution in [1.29, 1.82) is 0 Å². The molecule has 4 aliphatic rings. The number of aryl methyl sites for hydroxylation is 2. The van der Waals surface area contributed by atoms with Gasteiger partial charge < -0.3 is 24.3 Å². The summed E-state index contributed by atoms with van der Waals surface area (Å²) in [4.78, 5) is 61.7. The maximum absolute atomic E-state index is 14.8. The van der Waals surface area contributed by atoms with Gasteiger partial charge in [-0.1, -0.05) is 0 Å². The summed E-state index contributed by atoms with van der Waals surface area (Å²) in [6.07, 6.45) is 8.11. The first-order valence-corrected chi connectivity index (χ1v) is 18.6. The van der Waals surface area contributed by atoms with Crippen LogP contribution in [0.1, 0.15) is 104 Å². The van der Waals surface area contributed by atoms with Crippen molar-refractivity contribution in [2.45, 2.75) is 90.4 Å². The second kappa shape index (κ2) is 11.9. The smallest absolute Gasteiger partial charge is 0.308 e. The third kappa shape index (κ3) is 4.86. The molecule has 50 heavy (non-hydrogen) atoms. The van der Waals surface area contributed by atoms with Gasteiger partial charge in [0.15, 0.2) is 11.5 Å². The van der Waals surface area contributed by atoms with E-state index < -0.39 is 22.8 Å². The van der Waals surface area contributed by atoms with Gasteiger partial charge in [-0.3, -0.25) is 19.2 Å². The molecule has 0 spiro atoms. The molecule has 9 nitrogen and oxygen atoms in total. The van der Waals surface area contributed by atoms with E-state index in [1.54, 1.807) is 6.07 Å². The van der Waals surface area contributed by atoms with E-state index in [4.69, 9.17) is 32.7 Å². The average Bonchev–Trinajstić information content (AvgIpc) is 3.93. The van der Waals surface area contributed by atoms with Crippen LogP contribution in [0.15, 0.2) is 24.5 Å². The van der Waals surface area contributed by atoms with Crippen LogP contribution in [0.25, 0.3) is 21.8 Å². The molecule has 1 aliphatic heterocycles. The molecule has 3 heterocycles. The quantitative estimate of drug-likeness (QED) is 0.108. The van der Waals surface area contributed by atoms with Crippen molar-refractivity contribution in [3.8, 4) is 11.5 Å². The summed E-state index contributed by atoms with van der Waals surface area (Å²) in [5.74, 6) is 0.992. The van der Waals surface area contributed by atoms with Gasteiger partial charge in [-0.15, -0.1) is 23.2 Å². The van der Waals surface area contributed by atoms with Gasteiger partial charge in [0.2, 0.25) is 5.91 Å². The number of halogens is 2. The van der Waals surface area contributed by atoms with Crippen LogP contribution in [0.4, 0.5) is 5.69 Å². The Hall–Kier alpha value is -3.82. The Morgan fingerprint density at radius 1 is 0.800 bits per heavy atom. The fourth-order valence-corrected chi connectivity index (χ4v) is 10.6. The zero-order valence-corrected chi connectivity index (χ0v) is 30.3. The minimum Gasteiger partial charge on any atom is -0.424 e. The molecule has 2 aromatic heterocycles. The molecule has 11 heteroatoms. The standard InChI is InChI=1S/C39H41Cl2N3O6/c1-19-15-42-35-28(49-21(3)45)11-26-23(9-24(13-40)33(26)31(19)35)10-30(47)38-5-7-39(18-38,8-6-38)37(48)44-17-25(14-41)34-27(44)12-29(50-22(4)46)36-32(34)20(2)16-43-36/h11-12,15-16,23-25,42-43H,5-10,13-14,17-18H2,1-4H3/t23?,24-,25+,38?,39?/m0/s1. The number of anilines is 1. The molecular weight excluding hydrogens is 677 g/mol. The van der Waals surface area contributed by atoms with Crippen molar-refractivity contribution in [2.75, 3.05) is 23.2 Å². The van der Waals surface area contributed by atoms with Crippen molar-refractivity contribution in [2.24, 2.45) is 10.8 Å². The van der Waals surface area contributed by atoms with Crippen molar-refractivity contribution in [1.82, 2.24) is 9.97 Å². The van der Waals surface area contributed by atoms with E-state index in [1.807, 2.05) is 37.2 Å². The molecule has 2 saturated carbocycles. The number of fused-ring (bicyclic) bond motifs is 8. The first kappa shape index (κ1) is 33.3. The Morgan fingerprint density at radius 3 is 1.94 bits per heavy atom. The third-order valence-corrected chi connectivity index (χ3v) is 13.0. The zero-order valence-electron chi connectivity index (χ0n) is 28.8. The summed E-state index contributed by atoms with van der Waals surface area (Å²) < 4.78 is 11.3. The van der Waals surface area contributed by atoms with E-state index in [1.165, 1.54) is 13.8 Å². The average molecular weight is 719 g/mol. The second-order valence-electron chi connectivity index (χ2n) is 15.2. The molecule has 8 rings (SSSR count). The topological polar surface area (TPSA) is 122 Å². The van der Waals surface area contributed by atoms with Crippen molar-refractivity contribution in [3.05, 3.63) is 52.3 Å². The maximum atomic E-state index is 14.8. The van der Waals surface area contributed by atoms with E-state index in [0.717, 1.165) is 61.7 Å². The first-order valence-electron chi connectivity index (χ1n) is 17.5. The number of rotatable bonds is 8. The minimum atomic E-state index is -0.638. The van der Waals surface area contributed by atoms with Gasteiger partial charge >= 0.3 is 11.9 Å². The van der Waals surface area contributed by atoms with Gasteiger partial charge in [0, 0.05) is 79.1 Å². The predicted molar refractivity (Wildman–Crippen MR) is 193 cm³/mol. The summed E-state index contributed by atoms with van der Waals surface area (Å²) >= 11 is 13.1. The van der Waals surface area contributed by atoms with Crippen LogP contribution in [0, 0.1) is 24.7 Å². The highest BCUT2D eigenvalue weighted by Crippen LogP contribution is 2.64. The zero-order chi connectivity index (χ0) is 35.3. The number of carbonyl (C=O) groups excluding carboxylic acids is 4. The molecule has 262 valence electrons. The number of nitrogens with one attached hydrogen (secondary N) is 2. The molecule has 3 atom stereocenters. The highest BCUT2D eigenvalue weighted by Gasteiger charge is 2.62. The van der Waals surface area contributed by atoms with Gasteiger partial charge in [0.1, 0.15) is 5.78 Å². The van der Waals surface area contributed by atoms with Gasteiger partial charge in [-0.05, 0) is 98.1 Å². The van der Waals surface area contributed by atoms with E-state index in [0.29, 0.717) is 68.3 Å². The van der Waals surface area contributed by atoms with Gasteiger partial charge in [0.25, 0.3) is 0 Å². The lowest BCUT2D eigenvalue weighted by Crippen LogP contribution is -2.41. The van der Waals surface area contributed by atoms with Crippen LogP contribution < -0.4 is 14.4 Å². The molecule has 4 aromatic rings. The number of esters is 2. The monoisotopic (exact) mass is 717 g/mol. The lowest BCUT2D eigenvalue weighted by atomic mass is 9.76. The summed E-state index contributed by atoms with van der Waals surface area (Å²) in [6.45, 7) is 7.23. The molecule has 0 saturated heterocycles. The minimum absolute atomic E-state index is 0.0321. The van der Waals surface area contributed by atoms with E-state index in [9.17, 15) is 19.2 Å². The fourth-order valence-electron chi connectivity index (χ4n) is 10.1. The van der Waals surface area contributed by atoms with E-state index >= 15 is 0 Å². The van der Waals surface area contributed by atoms with Crippen molar-refractivity contribution < 1.29 is 28.7 Å². The van der Waals surface area contributed by atoms with Gasteiger partial charge in [0.05, 0.1) is 22.1 Å². The Labute approximate surface area is 300 Å². The largest absolute Gasteiger partial charge is 0.424 e. The van der Waals surface area contributed by atoms with Crippen molar-refractivity contribution in [3.63, 3.8) is 0 Å². The number of Topliss-reactive ketones (excluding diaryl/α,β-unsaturated/α-hetero) is 1. The SMILES string of the molecule is CC(=O)Oc1cc2c(c3c(C)c[nH]c13)[C@H](CCl)CC2CC(=O)C12CCC(C(=O)N3C[C@@H](CCl)c4c3cc(OC(C)=O)c3[nH]cc(C)c43)(CC1)C2. The number of benzene rings is 2. The molecule has 1 unspecified atom stereocenters. The molecule has 2 bridgehead atoms. The number of amides is 1. The van der Waals surface area contributed by atoms with Gasteiger partial charge in [-0.2, -0.15) is 0 Å². The number of ketones is 1. The van der Waals surface area contributed by atoms with Gasteiger partial charge in [-0.25, -0.2) is 0 Å². The number of aromatic amines is 2. The number of alkyl halides is 2. The normalized spacial score (nSPS) is 26.5. The summed E-state index contributed by atoms with van der Waals surface area (Å²) in [6, 6.07) is 3.73. The van der Waals surface area contributed by atoms with Crippen molar-refractivity contribution >= 4 is 74.3 Å². The number of hydrogen-bond donors (Lipinski definition) is 2. The fraction of sp³-hybridized carbons (Fsp3) is 0.487. The summed E-state index contributed by atoms with van der Waals surface area (Å²) in [5.41, 5.74) is 6.26. The Kier molecular flexibility index (Phi) is 7.92. The van der Waals surface area contributed by atoms with Crippen LogP contribution in [0.2, 0.25) is 0 Å². The predicted octanol–water partition coefficient (Wildman–Crippen LogP) is 8.21. The molecule has 3 aliphatic carbocycles. The van der Waals surface area contributed by atoms with Crippen LogP contribution in [0.3, 0.4) is 0 Å². The Balaban J connectivity index is 1.09. The lowest BCUT2D eigenvalue weighted by Gasteiger charge is -2.31. The van der Waals surface area contributed by atoms with Crippen LogP contribution in [0.5, 0.6) is 11.5 Å². The maximum Gasteiger partial charge on any atom is 0.308 e. The number of carbonyl (C=O) groups is 4. The van der Waals surface area contributed by atoms with E-state index in [2.05, 4.69) is 9.97 Å². The molecule has 2 aromatic carbocycles. The molecule has 0 radical (unpaired) electrons. The third-order valence-electron chi connectivity index (χ3n) is 12.3. The second-order valence-corrected chi connectivity index (χ2v) is 15.8. The Bertz CT molecular complexity index is 2120. The number of aromatic nitrogens is 2. The van der Waals surface area contributed by atoms with Crippen LogP contribution in [-0.4, -0.2) is 51.9 Å². The molecular formula is C39H41Cl2N3O6. The molecule has 1 amide bonds. The number of nitrogens with zero attached hydrogens (tertiary/aromatic N) is 1. The lowest BCUT2D eigenvalue weighted by molar-refractivity contribution is -0.132. The van der Waals surface area contributed by atoms with Crippen LogP contribution in [-0.2, 0) is 19.2 Å². The number of H-pyrrole nitrogens is 2. The Morgan fingerprint density at radius 2 is 1.36 bits per heavy atom. The molecule has 2 fully saturated rings. The highest BCUT2D eigenvalue weighted by atomic mass is 35.5. The summed E-state index contributed by atoms with van der Waals surface area (Å²) in [7, 11) is 0.